The minimum Gasteiger partial charge on any atom is -0.450 e. The van der Waals surface area contributed by atoms with E-state index in [-0.39, 0.29) is 0 Å². The maximum atomic E-state index is 8.56. The smallest absolute Gasteiger partial charge is 0.450 e. The molecule has 0 aromatic rings. The Balaban J connectivity index is 0.000000184. The molecule has 2 rings (SSSR count). The molecule has 2 N–H and O–H groups in total. The Morgan fingerprint density at radius 3 is 2.38 bits per heavy atom. The van der Waals surface area contributed by atoms with Gasteiger partial charge in [-0.05, 0) is 29.2 Å². The third-order valence-corrected chi connectivity index (χ3v) is 1.70. The van der Waals surface area contributed by atoms with E-state index in [9.17, 15) is 0 Å². The van der Waals surface area contributed by atoms with Gasteiger partial charge in [0.05, 0.1) is 0 Å². The fourth-order valence-electron chi connectivity index (χ4n) is 1.15. The molecule has 0 atom stereocenters. The number of carboxylic acid groups (broad SMARTS) is 2. The molecule has 0 bridgehead atoms. The molecule has 3 nitrogen and oxygen atoms in total. The lowest BCUT2D eigenvalue weighted by Crippen LogP contribution is -1.81. The SMILES string of the molecule is C=CCc1ccc2cc1-2.O=C(O)O. The van der Waals surface area contributed by atoms with Gasteiger partial charge in [-0.1, -0.05) is 18.2 Å². The van der Waals surface area contributed by atoms with E-state index < -0.39 is 6.16 Å². The van der Waals surface area contributed by atoms with Gasteiger partial charge in [-0.2, -0.15) is 0 Å². The van der Waals surface area contributed by atoms with Crippen LogP contribution in [0.2, 0.25) is 0 Å². The van der Waals surface area contributed by atoms with E-state index in [0.717, 1.165) is 6.42 Å². The zero-order valence-electron chi connectivity index (χ0n) is 7.03. The second-order valence-corrected chi connectivity index (χ2v) is 2.65. The summed E-state index contributed by atoms with van der Waals surface area (Å²) in [5.74, 6) is 0. The highest BCUT2D eigenvalue weighted by molar-refractivity contribution is 5.84. The highest BCUT2D eigenvalue weighted by atomic mass is 16.6. The molecule has 0 saturated carbocycles. The average molecular weight is 178 g/mol. The van der Waals surface area contributed by atoms with Crippen LogP contribution >= 0.6 is 0 Å². The van der Waals surface area contributed by atoms with Crippen LogP contribution in [0, 0.1) is 0 Å². The van der Waals surface area contributed by atoms with Crippen molar-refractivity contribution in [3.63, 3.8) is 0 Å². The van der Waals surface area contributed by atoms with Crippen molar-refractivity contribution in [1.29, 1.82) is 0 Å². The predicted molar refractivity (Wildman–Crippen MR) is 50.0 cm³/mol. The summed E-state index contributed by atoms with van der Waals surface area (Å²) in [6.45, 7) is 3.69. The van der Waals surface area contributed by atoms with Crippen LogP contribution in [0.3, 0.4) is 0 Å². The molecule has 13 heavy (non-hydrogen) atoms. The van der Waals surface area contributed by atoms with Crippen molar-refractivity contribution in [3.8, 4) is 11.1 Å². The van der Waals surface area contributed by atoms with Crippen LogP contribution in [-0.2, 0) is 6.42 Å². The largest absolute Gasteiger partial charge is 0.503 e. The first-order chi connectivity index (χ1) is 6.15. The summed E-state index contributed by atoms with van der Waals surface area (Å²) < 4.78 is 0. The summed E-state index contributed by atoms with van der Waals surface area (Å²) in [7, 11) is 0. The van der Waals surface area contributed by atoms with E-state index in [2.05, 4.69) is 24.8 Å². The number of fused-ring (bicyclic) bond motifs is 1. The molecule has 68 valence electrons. The predicted octanol–water partition coefficient (Wildman–Crippen LogP) is 2.62. The Bertz CT molecular complexity index is 338. The maximum Gasteiger partial charge on any atom is 0.503 e. The van der Waals surface area contributed by atoms with Gasteiger partial charge in [0.1, 0.15) is 0 Å². The quantitative estimate of drug-likeness (QED) is 0.695. The minimum atomic E-state index is -1.83. The van der Waals surface area contributed by atoms with Gasteiger partial charge in [0.2, 0.25) is 0 Å². The first-order valence-electron chi connectivity index (χ1n) is 3.81. The van der Waals surface area contributed by atoms with Crippen LogP contribution in [-0.4, -0.2) is 16.4 Å². The molecule has 0 heterocycles. The Morgan fingerprint density at radius 1 is 1.46 bits per heavy atom. The van der Waals surface area contributed by atoms with Crippen LogP contribution in [0.1, 0.15) is 5.56 Å². The van der Waals surface area contributed by atoms with Gasteiger partial charge in [0, 0.05) is 0 Å². The lowest BCUT2D eigenvalue weighted by atomic mass is 10.2. The van der Waals surface area contributed by atoms with Gasteiger partial charge in [-0.15, -0.1) is 6.58 Å². The highest BCUT2D eigenvalue weighted by Crippen LogP contribution is 2.38. The summed E-state index contributed by atoms with van der Waals surface area (Å²) in [5, 5.41) is 13.9. The first kappa shape index (κ1) is 9.32. The molecule has 0 aromatic heterocycles. The standard InChI is InChI=1S/C9H8.CH2O3/c1-2-3-7-4-5-8-6-9(7)8;2-1(3)4/h2,4-6H,1,3H2;(H2,2,3,4). The van der Waals surface area contributed by atoms with Gasteiger partial charge < -0.3 is 10.2 Å². The number of benzene rings is 1. The fraction of sp³-hybridized carbons (Fsp3) is 0.100. The summed E-state index contributed by atoms with van der Waals surface area (Å²) in [5.41, 5.74) is 4.31. The number of allylic oxidation sites excluding steroid dienone is 1. The Hall–Kier alpha value is -1.77. The molecule has 0 fully saturated rings. The Kier molecular flexibility index (Phi) is 2.69. The summed E-state index contributed by atoms with van der Waals surface area (Å²) in [6, 6.07) is 6.54. The number of hydrogen-bond acceptors (Lipinski definition) is 1. The molecule has 0 spiro atoms. The van der Waals surface area contributed by atoms with Crippen molar-refractivity contribution in [2.75, 3.05) is 0 Å². The molecule has 0 radical (unpaired) electrons. The van der Waals surface area contributed by atoms with E-state index in [0.29, 0.717) is 0 Å². The normalized spacial score (nSPS) is 9.54. The molecule has 2 aliphatic rings. The second kappa shape index (κ2) is 3.76. The van der Waals surface area contributed by atoms with Gasteiger partial charge >= 0.3 is 6.16 Å². The zero-order valence-corrected chi connectivity index (χ0v) is 7.03. The van der Waals surface area contributed by atoms with Crippen molar-refractivity contribution < 1.29 is 15.0 Å². The number of carbonyl (C=O) groups is 1. The average Bonchev–Trinajstić information content (AvgIpc) is 2.69. The molecule has 0 unspecified atom stereocenters. The van der Waals surface area contributed by atoms with Crippen molar-refractivity contribution in [1.82, 2.24) is 0 Å². The summed E-state index contributed by atoms with van der Waals surface area (Å²) >= 11 is 0. The second-order valence-electron chi connectivity index (χ2n) is 2.65. The maximum absolute atomic E-state index is 8.56. The van der Waals surface area contributed by atoms with Crippen LogP contribution in [0.25, 0.3) is 11.1 Å². The van der Waals surface area contributed by atoms with E-state index in [1.807, 2.05) is 6.08 Å². The first-order valence-corrected chi connectivity index (χ1v) is 3.81. The van der Waals surface area contributed by atoms with Crippen molar-refractivity contribution in [2.45, 2.75) is 6.42 Å². The Labute approximate surface area is 76.0 Å². The van der Waals surface area contributed by atoms with Crippen LogP contribution in [0.15, 0.2) is 30.9 Å². The molecule has 0 aliphatic heterocycles. The van der Waals surface area contributed by atoms with Gasteiger partial charge in [-0.25, -0.2) is 4.79 Å². The van der Waals surface area contributed by atoms with Crippen LogP contribution in [0.5, 0.6) is 0 Å². The minimum absolute atomic E-state index is 1.02. The molecular formula is C10H10O3. The van der Waals surface area contributed by atoms with E-state index in [1.54, 1.807) is 0 Å². The van der Waals surface area contributed by atoms with Crippen LogP contribution < -0.4 is 0 Å². The van der Waals surface area contributed by atoms with Gasteiger partial charge in [0.15, 0.2) is 0 Å². The van der Waals surface area contributed by atoms with Gasteiger partial charge in [-0.3, -0.25) is 0 Å². The number of hydrogen-bond donors (Lipinski definition) is 2. The molecule has 0 saturated heterocycles. The van der Waals surface area contributed by atoms with Crippen molar-refractivity contribution in [3.05, 3.63) is 36.4 Å². The molecule has 0 aromatic carbocycles. The third kappa shape index (κ3) is 2.63. The van der Waals surface area contributed by atoms with Crippen molar-refractivity contribution in [2.24, 2.45) is 0 Å². The fourth-order valence-corrected chi connectivity index (χ4v) is 1.15. The highest BCUT2D eigenvalue weighted by Gasteiger charge is 2.14. The lowest BCUT2D eigenvalue weighted by molar-refractivity contribution is 0.137. The lowest BCUT2D eigenvalue weighted by Gasteiger charge is -1.85. The Morgan fingerprint density at radius 2 is 2.08 bits per heavy atom. The molecular weight excluding hydrogens is 168 g/mol. The summed E-state index contributed by atoms with van der Waals surface area (Å²) in [6.07, 6.45) is 1.13. The van der Waals surface area contributed by atoms with Crippen LogP contribution in [0.4, 0.5) is 4.79 Å². The monoisotopic (exact) mass is 178 g/mol. The number of rotatable bonds is 2. The third-order valence-electron chi connectivity index (χ3n) is 1.70. The molecule has 3 heteroatoms. The molecule has 2 aliphatic carbocycles. The summed E-state index contributed by atoms with van der Waals surface area (Å²) in [4.78, 5) is 8.56. The topological polar surface area (TPSA) is 57.5 Å². The van der Waals surface area contributed by atoms with E-state index in [4.69, 9.17) is 15.0 Å². The van der Waals surface area contributed by atoms with E-state index >= 15 is 0 Å². The zero-order chi connectivity index (χ0) is 9.84. The molecule has 0 amide bonds. The van der Waals surface area contributed by atoms with E-state index in [1.165, 1.54) is 16.7 Å². The van der Waals surface area contributed by atoms with Crippen molar-refractivity contribution >= 4 is 6.16 Å². The van der Waals surface area contributed by atoms with Gasteiger partial charge in [0.25, 0.3) is 0 Å².